The molecule has 1 N–H and O–H groups in total. The van der Waals surface area contributed by atoms with Crippen LogP contribution in [0.25, 0.3) is 5.95 Å². The van der Waals surface area contributed by atoms with Crippen LogP contribution in [-0.4, -0.2) is 44.6 Å². The van der Waals surface area contributed by atoms with Gasteiger partial charge in [-0.1, -0.05) is 20.3 Å². The van der Waals surface area contributed by atoms with Crippen molar-refractivity contribution in [3.63, 3.8) is 0 Å². The zero-order chi connectivity index (χ0) is 15.1. The lowest BCUT2D eigenvalue weighted by Crippen LogP contribution is -2.23. The first-order valence-corrected chi connectivity index (χ1v) is 7.44. The van der Waals surface area contributed by atoms with Crippen LogP contribution in [0.2, 0.25) is 0 Å². The van der Waals surface area contributed by atoms with E-state index in [2.05, 4.69) is 44.0 Å². The van der Waals surface area contributed by atoms with Gasteiger partial charge < -0.3 is 10.2 Å². The summed E-state index contributed by atoms with van der Waals surface area (Å²) in [7, 11) is 2.01. The van der Waals surface area contributed by atoms with Gasteiger partial charge in [-0.15, -0.1) is 0 Å². The highest BCUT2D eigenvalue weighted by Crippen LogP contribution is 2.13. The predicted octanol–water partition coefficient (Wildman–Crippen LogP) is 2.12. The number of hydrogen-bond donors (Lipinski definition) is 1. The minimum atomic E-state index is 0.583. The molecule has 7 heteroatoms. The van der Waals surface area contributed by atoms with Gasteiger partial charge in [0.05, 0.1) is 0 Å². The molecule has 0 aliphatic carbocycles. The number of rotatable bonds is 8. The van der Waals surface area contributed by atoms with Crippen LogP contribution >= 0.6 is 0 Å². The molecule has 0 aromatic carbocycles. The van der Waals surface area contributed by atoms with E-state index in [1.807, 2.05) is 13.2 Å². The quantitative estimate of drug-likeness (QED) is 0.802. The molecule has 7 nitrogen and oxygen atoms in total. The summed E-state index contributed by atoms with van der Waals surface area (Å²) >= 11 is 0. The average Bonchev–Trinajstić information content (AvgIpc) is 3.04. The summed E-state index contributed by atoms with van der Waals surface area (Å²) in [4.78, 5) is 19.6. The fourth-order valence-corrected chi connectivity index (χ4v) is 1.83. The Morgan fingerprint density at radius 2 is 2.05 bits per heavy atom. The van der Waals surface area contributed by atoms with Gasteiger partial charge in [0.25, 0.3) is 0 Å². The number of hydrogen-bond acceptors (Lipinski definition) is 6. The molecule has 0 radical (unpaired) electrons. The van der Waals surface area contributed by atoms with Gasteiger partial charge in [-0.05, 0) is 12.8 Å². The van der Waals surface area contributed by atoms with Gasteiger partial charge in [-0.3, -0.25) is 4.57 Å². The summed E-state index contributed by atoms with van der Waals surface area (Å²) in [6, 6.07) is 0. The van der Waals surface area contributed by atoms with Crippen molar-refractivity contribution in [1.29, 1.82) is 0 Å². The fourth-order valence-electron chi connectivity index (χ4n) is 1.83. The Balaban J connectivity index is 2.28. The molecule has 0 bridgehead atoms. The van der Waals surface area contributed by atoms with Gasteiger partial charge in [0.1, 0.15) is 6.33 Å². The zero-order valence-electron chi connectivity index (χ0n) is 13.0. The molecule has 0 saturated heterocycles. The molecule has 0 spiro atoms. The topological polar surface area (TPSA) is 71.8 Å². The van der Waals surface area contributed by atoms with Crippen LogP contribution in [0.3, 0.4) is 0 Å². The van der Waals surface area contributed by atoms with Gasteiger partial charge in [0.2, 0.25) is 17.8 Å². The minimum Gasteiger partial charge on any atom is -0.354 e. The lowest BCUT2D eigenvalue weighted by Gasteiger charge is -2.18. The third kappa shape index (κ3) is 4.14. The largest absolute Gasteiger partial charge is 0.354 e. The number of imidazole rings is 1. The lowest BCUT2D eigenvalue weighted by molar-refractivity contribution is 0.741. The molecule has 0 saturated carbocycles. The van der Waals surface area contributed by atoms with Gasteiger partial charge in [-0.2, -0.15) is 15.0 Å². The van der Waals surface area contributed by atoms with Gasteiger partial charge >= 0.3 is 0 Å². The first-order valence-electron chi connectivity index (χ1n) is 7.44. The van der Waals surface area contributed by atoms with Crippen LogP contribution in [-0.2, 0) is 0 Å². The predicted molar refractivity (Wildman–Crippen MR) is 83.9 cm³/mol. The van der Waals surface area contributed by atoms with E-state index in [9.17, 15) is 0 Å². The Labute approximate surface area is 125 Å². The van der Waals surface area contributed by atoms with Crippen molar-refractivity contribution in [2.75, 3.05) is 30.4 Å². The van der Waals surface area contributed by atoms with Crippen LogP contribution in [0.4, 0.5) is 11.9 Å². The SMILES string of the molecule is CCCCN(C)c1nc(NCCC)nc(-n2ccnc2)n1. The molecule has 21 heavy (non-hydrogen) atoms. The molecule has 0 amide bonds. The molecule has 2 heterocycles. The molecule has 2 aromatic rings. The Bertz CT molecular complexity index is 538. The third-order valence-corrected chi connectivity index (χ3v) is 3.07. The summed E-state index contributed by atoms with van der Waals surface area (Å²) in [5.74, 6) is 1.87. The van der Waals surface area contributed by atoms with E-state index in [1.54, 1.807) is 17.1 Å². The highest BCUT2D eigenvalue weighted by atomic mass is 15.3. The molecule has 2 rings (SSSR count). The maximum atomic E-state index is 4.52. The molecular formula is C14H23N7. The van der Waals surface area contributed by atoms with Crippen molar-refractivity contribution in [3.8, 4) is 5.95 Å². The normalized spacial score (nSPS) is 10.6. The van der Waals surface area contributed by atoms with Crippen molar-refractivity contribution in [2.45, 2.75) is 33.1 Å². The second-order valence-electron chi connectivity index (χ2n) is 4.93. The Morgan fingerprint density at radius 3 is 2.71 bits per heavy atom. The molecule has 0 fully saturated rings. The summed E-state index contributed by atoms with van der Waals surface area (Å²) < 4.78 is 1.79. The number of aromatic nitrogens is 5. The van der Waals surface area contributed by atoms with Crippen LogP contribution in [0.15, 0.2) is 18.7 Å². The van der Waals surface area contributed by atoms with Crippen LogP contribution in [0.5, 0.6) is 0 Å². The number of nitrogens with one attached hydrogen (secondary N) is 1. The summed E-state index contributed by atoms with van der Waals surface area (Å²) in [6.07, 6.45) is 8.51. The van der Waals surface area contributed by atoms with Gasteiger partial charge in [-0.25, -0.2) is 4.98 Å². The van der Waals surface area contributed by atoms with E-state index in [0.29, 0.717) is 17.8 Å². The standard InChI is InChI=1S/C14H23N7/c1-4-6-9-20(3)13-17-12(16-7-5-2)18-14(19-13)21-10-8-15-11-21/h8,10-11H,4-7,9H2,1-3H3,(H,16,17,18,19). The first-order chi connectivity index (χ1) is 10.2. The van der Waals surface area contributed by atoms with Crippen LogP contribution in [0.1, 0.15) is 33.1 Å². The van der Waals surface area contributed by atoms with Crippen molar-refractivity contribution < 1.29 is 0 Å². The second-order valence-corrected chi connectivity index (χ2v) is 4.93. The Kier molecular flexibility index (Phi) is 5.48. The van der Waals surface area contributed by atoms with E-state index in [4.69, 9.17) is 0 Å². The smallest absolute Gasteiger partial charge is 0.241 e. The minimum absolute atomic E-state index is 0.583. The molecule has 2 aromatic heterocycles. The highest BCUT2D eigenvalue weighted by Gasteiger charge is 2.11. The summed E-state index contributed by atoms with van der Waals surface area (Å²) in [5, 5.41) is 3.23. The number of nitrogens with zero attached hydrogens (tertiary/aromatic N) is 6. The van der Waals surface area contributed by atoms with E-state index in [-0.39, 0.29) is 0 Å². The van der Waals surface area contributed by atoms with Crippen molar-refractivity contribution in [3.05, 3.63) is 18.7 Å². The summed E-state index contributed by atoms with van der Waals surface area (Å²) in [6.45, 7) is 6.05. The maximum Gasteiger partial charge on any atom is 0.241 e. The van der Waals surface area contributed by atoms with Crippen molar-refractivity contribution in [1.82, 2.24) is 24.5 Å². The third-order valence-electron chi connectivity index (χ3n) is 3.07. The van der Waals surface area contributed by atoms with Crippen LogP contribution < -0.4 is 10.2 Å². The molecular weight excluding hydrogens is 266 g/mol. The highest BCUT2D eigenvalue weighted by molar-refractivity contribution is 5.39. The van der Waals surface area contributed by atoms with Crippen molar-refractivity contribution >= 4 is 11.9 Å². The zero-order valence-corrected chi connectivity index (χ0v) is 13.0. The lowest BCUT2D eigenvalue weighted by atomic mass is 10.3. The van der Waals surface area contributed by atoms with Crippen LogP contribution in [0, 0.1) is 0 Å². The molecule has 0 atom stereocenters. The summed E-state index contributed by atoms with van der Waals surface area (Å²) in [5.41, 5.74) is 0. The Hall–Kier alpha value is -2.18. The fraction of sp³-hybridized carbons (Fsp3) is 0.571. The molecule has 0 unspecified atom stereocenters. The first kappa shape index (κ1) is 15.2. The van der Waals surface area contributed by atoms with Gasteiger partial charge in [0, 0.05) is 32.5 Å². The van der Waals surface area contributed by atoms with E-state index in [0.717, 1.165) is 32.4 Å². The van der Waals surface area contributed by atoms with Gasteiger partial charge in [0.15, 0.2) is 0 Å². The van der Waals surface area contributed by atoms with E-state index in [1.165, 1.54) is 0 Å². The van der Waals surface area contributed by atoms with E-state index >= 15 is 0 Å². The average molecular weight is 289 g/mol. The second kappa shape index (κ2) is 7.56. The maximum absolute atomic E-state index is 4.52. The number of anilines is 2. The molecule has 114 valence electrons. The van der Waals surface area contributed by atoms with E-state index < -0.39 is 0 Å². The molecule has 0 aliphatic rings. The van der Waals surface area contributed by atoms with Crippen molar-refractivity contribution in [2.24, 2.45) is 0 Å². The molecule has 0 aliphatic heterocycles. The monoisotopic (exact) mass is 289 g/mol. The Morgan fingerprint density at radius 1 is 1.19 bits per heavy atom. The number of unbranched alkanes of at least 4 members (excludes halogenated alkanes) is 1.